The number of carboxylic acid groups (broad SMARTS) is 1. The fourth-order valence-corrected chi connectivity index (χ4v) is 1.68. The minimum absolute atomic E-state index is 0.176. The number of amides is 2. The molecule has 1 aliphatic carbocycles. The van der Waals surface area contributed by atoms with Crippen LogP contribution in [0.4, 0.5) is 4.79 Å². The third kappa shape index (κ3) is 4.60. The van der Waals surface area contributed by atoms with E-state index in [0.717, 1.165) is 24.2 Å². The van der Waals surface area contributed by atoms with Gasteiger partial charge in [0.05, 0.1) is 0 Å². The molecule has 1 saturated carbocycles. The fraction of sp³-hybridized carbons (Fsp3) is 0.818. The summed E-state index contributed by atoms with van der Waals surface area (Å²) < 4.78 is 5.02. The minimum Gasteiger partial charge on any atom is -0.480 e. The summed E-state index contributed by atoms with van der Waals surface area (Å²) >= 11 is 0. The summed E-state index contributed by atoms with van der Waals surface area (Å²) in [6.45, 7) is 1.01. The molecule has 0 radical (unpaired) electrons. The average Bonchev–Trinajstić information content (AvgIpc) is 3.03. The number of nitrogens with zero attached hydrogens (tertiary/aromatic N) is 1. The molecule has 0 aliphatic heterocycles. The second-order valence-electron chi connectivity index (χ2n) is 4.65. The van der Waals surface area contributed by atoms with Crippen LogP contribution in [-0.2, 0) is 9.53 Å². The van der Waals surface area contributed by atoms with Crippen molar-refractivity contribution in [3.8, 4) is 0 Å². The average molecular weight is 244 g/mol. The van der Waals surface area contributed by atoms with Gasteiger partial charge in [0.25, 0.3) is 0 Å². The number of hydrogen-bond donors (Lipinski definition) is 2. The van der Waals surface area contributed by atoms with E-state index < -0.39 is 5.97 Å². The lowest BCUT2D eigenvalue weighted by Gasteiger charge is -2.19. The first-order valence-corrected chi connectivity index (χ1v) is 5.69. The van der Waals surface area contributed by atoms with E-state index in [-0.39, 0.29) is 18.0 Å². The molecule has 0 unspecified atom stereocenters. The highest BCUT2D eigenvalue weighted by atomic mass is 16.5. The van der Waals surface area contributed by atoms with Crippen LogP contribution in [-0.4, -0.2) is 55.9 Å². The van der Waals surface area contributed by atoms with E-state index in [1.165, 1.54) is 7.05 Å². The van der Waals surface area contributed by atoms with Crippen LogP contribution in [0.2, 0.25) is 0 Å². The van der Waals surface area contributed by atoms with Crippen LogP contribution in [0.15, 0.2) is 0 Å². The van der Waals surface area contributed by atoms with E-state index in [4.69, 9.17) is 9.84 Å². The van der Waals surface area contributed by atoms with Gasteiger partial charge in [0.1, 0.15) is 6.54 Å². The van der Waals surface area contributed by atoms with Gasteiger partial charge in [-0.25, -0.2) is 4.79 Å². The van der Waals surface area contributed by atoms with Crippen molar-refractivity contribution < 1.29 is 19.4 Å². The Kier molecular flexibility index (Phi) is 4.74. The highest BCUT2D eigenvalue weighted by molar-refractivity contribution is 5.79. The largest absolute Gasteiger partial charge is 0.480 e. The molecule has 2 N–H and O–H groups in total. The molecule has 0 aromatic carbocycles. The quantitative estimate of drug-likeness (QED) is 0.684. The normalized spacial score (nSPS) is 16.4. The SMILES string of the molecule is COCCC1(CNC(=O)N(C)CC(=O)O)CC1. The molecule has 0 aromatic rings. The van der Waals surface area contributed by atoms with Crippen molar-refractivity contribution in [3.63, 3.8) is 0 Å². The van der Waals surface area contributed by atoms with Crippen molar-refractivity contribution in [1.82, 2.24) is 10.2 Å². The van der Waals surface area contributed by atoms with Gasteiger partial charge in [0.2, 0.25) is 0 Å². The van der Waals surface area contributed by atoms with Crippen molar-refractivity contribution >= 4 is 12.0 Å². The van der Waals surface area contributed by atoms with E-state index in [2.05, 4.69) is 5.32 Å². The van der Waals surface area contributed by atoms with Crippen molar-refractivity contribution in [2.24, 2.45) is 5.41 Å². The zero-order valence-corrected chi connectivity index (χ0v) is 10.4. The number of methoxy groups -OCH3 is 1. The second-order valence-corrected chi connectivity index (χ2v) is 4.65. The van der Waals surface area contributed by atoms with E-state index >= 15 is 0 Å². The maximum absolute atomic E-state index is 11.5. The first-order chi connectivity index (χ1) is 7.99. The Morgan fingerprint density at radius 3 is 2.59 bits per heavy atom. The van der Waals surface area contributed by atoms with Crippen LogP contribution in [0.3, 0.4) is 0 Å². The topological polar surface area (TPSA) is 78.9 Å². The molecule has 6 heteroatoms. The van der Waals surface area contributed by atoms with E-state index in [1.54, 1.807) is 7.11 Å². The molecule has 1 aliphatic rings. The molecular formula is C11H20N2O4. The van der Waals surface area contributed by atoms with Gasteiger partial charge in [-0.2, -0.15) is 0 Å². The number of rotatable bonds is 7. The summed E-state index contributed by atoms with van der Waals surface area (Å²) in [7, 11) is 3.13. The van der Waals surface area contributed by atoms with Crippen molar-refractivity contribution in [3.05, 3.63) is 0 Å². The van der Waals surface area contributed by atoms with Gasteiger partial charge in [0.15, 0.2) is 0 Å². The lowest BCUT2D eigenvalue weighted by molar-refractivity contribution is -0.137. The molecule has 98 valence electrons. The molecule has 1 fully saturated rings. The van der Waals surface area contributed by atoms with Crippen LogP contribution in [0.5, 0.6) is 0 Å². The summed E-state index contributed by atoms with van der Waals surface area (Å²) in [6.07, 6.45) is 3.13. The van der Waals surface area contributed by atoms with Gasteiger partial charge >= 0.3 is 12.0 Å². The molecule has 0 spiro atoms. The summed E-state index contributed by atoms with van der Waals surface area (Å²) in [5, 5.41) is 11.3. The zero-order chi connectivity index (χ0) is 12.9. The molecule has 6 nitrogen and oxygen atoms in total. The predicted octanol–water partition coefficient (Wildman–Crippen LogP) is 0.529. The number of urea groups is 1. The smallest absolute Gasteiger partial charge is 0.323 e. The molecule has 0 heterocycles. The highest BCUT2D eigenvalue weighted by Gasteiger charge is 2.42. The lowest BCUT2D eigenvalue weighted by atomic mass is 10.0. The zero-order valence-electron chi connectivity index (χ0n) is 10.4. The number of carbonyl (C=O) groups is 2. The summed E-state index contributed by atoms with van der Waals surface area (Å²) in [5.41, 5.74) is 0.176. The Balaban J connectivity index is 2.25. The Labute approximate surface area is 101 Å². The van der Waals surface area contributed by atoms with Gasteiger partial charge in [-0.15, -0.1) is 0 Å². The van der Waals surface area contributed by atoms with Crippen LogP contribution < -0.4 is 5.32 Å². The van der Waals surface area contributed by atoms with Crippen LogP contribution in [0.25, 0.3) is 0 Å². The van der Waals surface area contributed by atoms with E-state index in [9.17, 15) is 9.59 Å². The monoisotopic (exact) mass is 244 g/mol. The molecule has 0 saturated heterocycles. The second kappa shape index (κ2) is 5.86. The molecule has 0 aromatic heterocycles. The Bertz CT molecular complexity index is 289. The van der Waals surface area contributed by atoms with Gasteiger partial charge < -0.3 is 20.1 Å². The van der Waals surface area contributed by atoms with Crippen LogP contribution in [0, 0.1) is 5.41 Å². The first-order valence-electron chi connectivity index (χ1n) is 5.69. The number of nitrogens with one attached hydrogen (secondary N) is 1. The summed E-state index contributed by atoms with van der Waals surface area (Å²) in [6, 6.07) is -0.337. The number of carboxylic acids is 1. The molecule has 0 atom stereocenters. The molecule has 0 bridgehead atoms. The van der Waals surface area contributed by atoms with Crippen LogP contribution in [0.1, 0.15) is 19.3 Å². The Morgan fingerprint density at radius 2 is 2.12 bits per heavy atom. The third-order valence-electron chi connectivity index (χ3n) is 3.13. The number of hydrogen-bond acceptors (Lipinski definition) is 3. The standard InChI is InChI=1S/C11H20N2O4/c1-13(7-9(14)15)10(16)12-8-11(3-4-11)5-6-17-2/h3-8H2,1-2H3,(H,12,16)(H,14,15). The van der Waals surface area contributed by atoms with Crippen molar-refractivity contribution in [1.29, 1.82) is 0 Å². The van der Waals surface area contributed by atoms with Crippen LogP contribution >= 0.6 is 0 Å². The molecular weight excluding hydrogens is 224 g/mol. The van der Waals surface area contributed by atoms with E-state index in [0.29, 0.717) is 13.2 Å². The fourth-order valence-electron chi connectivity index (χ4n) is 1.68. The van der Waals surface area contributed by atoms with E-state index in [1.807, 2.05) is 0 Å². The van der Waals surface area contributed by atoms with Gasteiger partial charge in [0, 0.05) is 27.3 Å². The summed E-state index contributed by atoms with van der Waals surface area (Å²) in [4.78, 5) is 23.1. The lowest BCUT2D eigenvalue weighted by Crippen LogP contribution is -2.42. The molecule has 17 heavy (non-hydrogen) atoms. The number of carbonyl (C=O) groups excluding carboxylic acids is 1. The summed E-state index contributed by atoms with van der Waals surface area (Å²) in [5.74, 6) is -1.01. The maximum atomic E-state index is 11.5. The first kappa shape index (κ1) is 13.8. The van der Waals surface area contributed by atoms with Gasteiger partial charge in [-0.1, -0.05) is 0 Å². The number of aliphatic carboxylic acids is 1. The van der Waals surface area contributed by atoms with Gasteiger partial charge in [-0.3, -0.25) is 4.79 Å². The number of likely N-dealkylation sites (N-methyl/N-ethyl adjacent to an activating group) is 1. The Hall–Kier alpha value is -1.30. The third-order valence-corrected chi connectivity index (χ3v) is 3.13. The number of ether oxygens (including phenoxy) is 1. The van der Waals surface area contributed by atoms with Gasteiger partial charge in [-0.05, 0) is 24.7 Å². The molecule has 2 amide bonds. The maximum Gasteiger partial charge on any atom is 0.323 e. The predicted molar refractivity (Wildman–Crippen MR) is 61.8 cm³/mol. The Morgan fingerprint density at radius 1 is 1.47 bits per heavy atom. The highest BCUT2D eigenvalue weighted by Crippen LogP contribution is 2.48. The van der Waals surface area contributed by atoms with Crippen molar-refractivity contribution in [2.75, 3.05) is 33.9 Å². The minimum atomic E-state index is -1.01. The molecule has 1 rings (SSSR count). The van der Waals surface area contributed by atoms with Crippen molar-refractivity contribution in [2.45, 2.75) is 19.3 Å².